The fourth-order valence-electron chi connectivity index (χ4n) is 1.17. The van der Waals surface area contributed by atoms with Crippen molar-refractivity contribution in [2.24, 2.45) is 0 Å². The zero-order chi connectivity index (χ0) is 11.1. The molecule has 0 radical (unpaired) electrons. The predicted octanol–water partition coefficient (Wildman–Crippen LogP) is 1.99. The Labute approximate surface area is 98.3 Å². The summed E-state index contributed by atoms with van der Waals surface area (Å²) in [5, 5.41) is 11.8. The van der Waals surface area contributed by atoms with Gasteiger partial charge in [0, 0.05) is 25.6 Å². The van der Waals surface area contributed by atoms with Crippen LogP contribution in [0.3, 0.4) is 0 Å². The lowest BCUT2D eigenvalue weighted by Crippen LogP contribution is -2.06. The molecule has 0 atom stereocenters. The minimum Gasteiger partial charge on any atom is -0.396 e. The Bertz CT molecular complexity index is 307. The number of nitrogens with zero attached hydrogens (tertiary/aromatic N) is 2. The molecule has 0 saturated heterocycles. The standard InChI is InChI=1S/C10H16BrN3O/c1-2-9-13-8(11)7-10(14-9)12-5-3-4-6-15/h7,15H,2-6H2,1H3,(H,12,13,14). The normalized spacial score (nSPS) is 10.3. The van der Waals surface area contributed by atoms with Crippen LogP contribution in [0.5, 0.6) is 0 Å². The molecule has 0 unspecified atom stereocenters. The topological polar surface area (TPSA) is 58.0 Å². The molecule has 1 heterocycles. The molecule has 0 amide bonds. The van der Waals surface area contributed by atoms with E-state index in [2.05, 4.69) is 31.2 Å². The van der Waals surface area contributed by atoms with E-state index >= 15 is 0 Å². The minimum absolute atomic E-state index is 0.245. The fourth-order valence-corrected chi connectivity index (χ4v) is 1.59. The number of hydrogen-bond acceptors (Lipinski definition) is 4. The molecule has 84 valence electrons. The second kappa shape index (κ2) is 6.74. The zero-order valence-corrected chi connectivity index (χ0v) is 10.4. The van der Waals surface area contributed by atoms with E-state index in [9.17, 15) is 0 Å². The van der Waals surface area contributed by atoms with E-state index in [1.54, 1.807) is 0 Å². The lowest BCUT2D eigenvalue weighted by atomic mass is 10.3. The van der Waals surface area contributed by atoms with Gasteiger partial charge in [-0.25, -0.2) is 9.97 Å². The van der Waals surface area contributed by atoms with Crippen molar-refractivity contribution in [3.63, 3.8) is 0 Å². The molecule has 1 aromatic heterocycles. The number of aliphatic hydroxyl groups is 1. The van der Waals surface area contributed by atoms with Crippen LogP contribution in [-0.2, 0) is 6.42 Å². The first-order chi connectivity index (χ1) is 7.26. The molecule has 0 fully saturated rings. The Hall–Kier alpha value is -0.680. The fraction of sp³-hybridized carbons (Fsp3) is 0.600. The molecule has 0 bridgehead atoms. The molecule has 0 aliphatic carbocycles. The highest BCUT2D eigenvalue weighted by Gasteiger charge is 2.00. The van der Waals surface area contributed by atoms with Crippen LogP contribution in [0, 0.1) is 0 Å². The summed E-state index contributed by atoms with van der Waals surface area (Å²) in [6.45, 7) is 3.10. The number of halogens is 1. The molecular formula is C10H16BrN3O. The summed E-state index contributed by atoms with van der Waals surface area (Å²) in [6.07, 6.45) is 2.59. The van der Waals surface area contributed by atoms with Crippen molar-refractivity contribution in [3.05, 3.63) is 16.5 Å². The maximum absolute atomic E-state index is 8.63. The van der Waals surface area contributed by atoms with Crippen LogP contribution in [0.25, 0.3) is 0 Å². The highest BCUT2D eigenvalue weighted by Crippen LogP contribution is 2.12. The van der Waals surface area contributed by atoms with Gasteiger partial charge in [-0.1, -0.05) is 6.92 Å². The molecule has 0 aromatic carbocycles. The first-order valence-electron chi connectivity index (χ1n) is 5.14. The highest BCUT2D eigenvalue weighted by molar-refractivity contribution is 9.10. The second-order valence-electron chi connectivity index (χ2n) is 3.20. The van der Waals surface area contributed by atoms with Gasteiger partial charge in [-0.2, -0.15) is 0 Å². The summed E-state index contributed by atoms with van der Waals surface area (Å²) in [6, 6.07) is 1.86. The number of aromatic nitrogens is 2. The lowest BCUT2D eigenvalue weighted by molar-refractivity contribution is 0.286. The molecule has 0 saturated carbocycles. The molecule has 2 N–H and O–H groups in total. The van der Waals surface area contributed by atoms with Crippen molar-refractivity contribution in [3.8, 4) is 0 Å². The van der Waals surface area contributed by atoms with E-state index in [1.165, 1.54) is 0 Å². The van der Waals surface area contributed by atoms with Crippen LogP contribution in [0.2, 0.25) is 0 Å². The van der Waals surface area contributed by atoms with Crippen LogP contribution < -0.4 is 5.32 Å². The van der Waals surface area contributed by atoms with E-state index in [0.717, 1.165) is 42.1 Å². The summed E-state index contributed by atoms with van der Waals surface area (Å²) in [5.74, 6) is 1.67. The quantitative estimate of drug-likeness (QED) is 0.615. The van der Waals surface area contributed by atoms with Crippen LogP contribution in [-0.4, -0.2) is 28.2 Å². The molecule has 5 heteroatoms. The van der Waals surface area contributed by atoms with Gasteiger partial charge in [0.1, 0.15) is 16.2 Å². The van der Waals surface area contributed by atoms with Gasteiger partial charge >= 0.3 is 0 Å². The number of aliphatic hydroxyl groups excluding tert-OH is 1. The molecule has 1 aromatic rings. The van der Waals surface area contributed by atoms with Crippen molar-refractivity contribution < 1.29 is 5.11 Å². The SMILES string of the molecule is CCc1nc(Br)cc(NCCCCO)n1. The first-order valence-corrected chi connectivity index (χ1v) is 5.93. The molecule has 1 rings (SSSR count). The van der Waals surface area contributed by atoms with Crippen LogP contribution >= 0.6 is 15.9 Å². The third-order valence-electron chi connectivity index (χ3n) is 1.95. The van der Waals surface area contributed by atoms with Gasteiger partial charge < -0.3 is 10.4 Å². The van der Waals surface area contributed by atoms with Crippen molar-refractivity contribution in [1.29, 1.82) is 0 Å². The summed E-state index contributed by atoms with van der Waals surface area (Å²) in [7, 11) is 0. The van der Waals surface area contributed by atoms with Gasteiger partial charge in [0.05, 0.1) is 0 Å². The molecule has 4 nitrogen and oxygen atoms in total. The van der Waals surface area contributed by atoms with Crippen molar-refractivity contribution in [2.45, 2.75) is 26.2 Å². The number of rotatable bonds is 6. The Balaban J connectivity index is 2.49. The van der Waals surface area contributed by atoms with Gasteiger partial charge in [-0.15, -0.1) is 0 Å². The van der Waals surface area contributed by atoms with Crippen LogP contribution in [0.4, 0.5) is 5.82 Å². The summed E-state index contributed by atoms with van der Waals surface area (Å²) in [4.78, 5) is 8.56. The largest absolute Gasteiger partial charge is 0.396 e. The van der Waals surface area contributed by atoms with Crippen LogP contribution in [0.1, 0.15) is 25.6 Å². The smallest absolute Gasteiger partial charge is 0.131 e. The Morgan fingerprint density at radius 2 is 2.20 bits per heavy atom. The third kappa shape index (κ3) is 4.57. The molecular weight excluding hydrogens is 258 g/mol. The number of unbranched alkanes of at least 4 members (excludes halogenated alkanes) is 1. The molecule has 0 spiro atoms. The van der Waals surface area contributed by atoms with Gasteiger partial charge in [0.2, 0.25) is 0 Å². The number of nitrogens with one attached hydrogen (secondary N) is 1. The minimum atomic E-state index is 0.245. The summed E-state index contributed by atoms with van der Waals surface area (Å²) >= 11 is 3.35. The van der Waals surface area contributed by atoms with Gasteiger partial charge in [0.25, 0.3) is 0 Å². The number of hydrogen-bond donors (Lipinski definition) is 2. The monoisotopic (exact) mass is 273 g/mol. The van der Waals surface area contributed by atoms with Crippen molar-refractivity contribution in [1.82, 2.24) is 9.97 Å². The average Bonchev–Trinajstić information content (AvgIpc) is 2.23. The molecule has 0 aliphatic rings. The molecule has 15 heavy (non-hydrogen) atoms. The highest BCUT2D eigenvalue weighted by atomic mass is 79.9. The van der Waals surface area contributed by atoms with Crippen molar-refractivity contribution in [2.75, 3.05) is 18.5 Å². The summed E-state index contributed by atoms with van der Waals surface area (Å²) in [5.41, 5.74) is 0. The van der Waals surface area contributed by atoms with Gasteiger partial charge in [-0.3, -0.25) is 0 Å². The number of aryl methyl sites for hydroxylation is 1. The number of anilines is 1. The lowest BCUT2D eigenvalue weighted by Gasteiger charge is -2.06. The maximum atomic E-state index is 8.63. The predicted molar refractivity (Wildman–Crippen MR) is 63.9 cm³/mol. The van der Waals surface area contributed by atoms with E-state index in [-0.39, 0.29) is 6.61 Å². The average molecular weight is 274 g/mol. The van der Waals surface area contributed by atoms with Crippen molar-refractivity contribution >= 4 is 21.7 Å². The Morgan fingerprint density at radius 3 is 2.87 bits per heavy atom. The van der Waals surface area contributed by atoms with E-state index in [0.29, 0.717) is 0 Å². The zero-order valence-electron chi connectivity index (χ0n) is 8.83. The van der Waals surface area contributed by atoms with E-state index < -0.39 is 0 Å². The van der Waals surface area contributed by atoms with Crippen LogP contribution in [0.15, 0.2) is 10.7 Å². The van der Waals surface area contributed by atoms with Gasteiger partial charge in [0.15, 0.2) is 0 Å². The third-order valence-corrected chi connectivity index (χ3v) is 2.35. The first kappa shape index (κ1) is 12.4. The Kier molecular flexibility index (Phi) is 5.57. The summed E-state index contributed by atoms with van der Waals surface area (Å²) < 4.78 is 0.805. The van der Waals surface area contributed by atoms with Gasteiger partial charge in [-0.05, 0) is 28.8 Å². The van der Waals surface area contributed by atoms with E-state index in [4.69, 9.17) is 5.11 Å². The Morgan fingerprint density at radius 1 is 1.40 bits per heavy atom. The second-order valence-corrected chi connectivity index (χ2v) is 4.02. The van der Waals surface area contributed by atoms with E-state index in [1.807, 2.05) is 13.0 Å². The molecule has 0 aliphatic heterocycles. The maximum Gasteiger partial charge on any atom is 0.131 e.